The fourth-order valence-electron chi connectivity index (χ4n) is 2.33. The summed E-state index contributed by atoms with van der Waals surface area (Å²) < 4.78 is 0. The van der Waals surface area contributed by atoms with Crippen LogP contribution < -0.4 is 10.7 Å². The van der Waals surface area contributed by atoms with Gasteiger partial charge in [-0.15, -0.1) is 0 Å². The number of H-pyrrole nitrogens is 1. The van der Waals surface area contributed by atoms with E-state index < -0.39 is 0 Å². The highest BCUT2D eigenvalue weighted by Gasteiger charge is 2.06. The van der Waals surface area contributed by atoms with Crippen LogP contribution in [0, 0.1) is 13.8 Å². The van der Waals surface area contributed by atoms with Crippen LogP contribution in [-0.4, -0.2) is 20.8 Å². The van der Waals surface area contributed by atoms with Crippen LogP contribution in [0.25, 0.3) is 11.0 Å². The Kier molecular flexibility index (Phi) is 4.57. The summed E-state index contributed by atoms with van der Waals surface area (Å²) in [6, 6.07) is 14.1. The molecule has 0 fully saturated rings. The number of nitrogens with zero attached hydrogens (tertiary/aromatic N) is 2. The van der Waals surface area contributed by atoms with Gasteiger partial charge in [0.25, 0.3) is 0 Å². The Morgan fingerprint density at radius 3 is 2.75 bits per heavy atom. The van der Waals surface area contributed by atoms with E-state index in [0.717, 1.165) is 33.8 Å². The molecule has 0 radical (unpaired) electrons. The molecule has 3 aromatic rings. The van der Waals surface area contributed by atoms with Crippen molar-refractivity contribution in [1.29, 1.82) is 0 Å². The third kappa shape index (κ3) is 3.60. The van der Waals surface area contributed by atoms with Crippen molar-refractivity contribution in [2.45, 2.75) is 20.8 Å². The number of aromatic amines is 1. The summed E-state index contributed by atoms with van der Waals surface area (Å²) in [6.45, 7) is 5.96. The fraction of sp³-hybridized carbons (Fsp3) is 0.167. The molecule has 3 rings (SSSR count). The van der Waals surface area contributed by atoms with Crippen LogP contribution in [0.3, 0.4) is 0 Å². The highest BCUT2D eigenvalue weighted by Crippen LogP contribution is 2.16. The second-order valence-corrected chi connectivity index (χ2v) is 6.09. The molecule has 24 heavy (non-hydrogen) atoms. The maximum absolute atomic E-state index is 5.31. The molecule has 6 heteroatoms. The van der Waals surface area contributed by atoms with Crippen molar-refractivity contribution in [3.63, 3.8) is 0 Å². The number of benzene rings is 2. The normalized spacial score (nSPS) is 11.5. The van der Waals surface area contributed by atoms with Gasteiger partial charge in [0.15, 0.2) is 10.9 Å². The summed E-state index contributed by atoms with van der Waals surface area (Å²) in [5.41, 5.74) is 8.78. The molecule has 2 aromatic carbocycles. The highest BCUT2D eigenvalue weighted by atomic mass is 32.1. The molecule has 0 aliphatic carbocycles. The molecule has 0 unspecified atom stereocenters. The Morgan fingerprint density at radius 2 is 1.96 bits per heavy atom. The predicted octanol–water partition coefficient (Wildman–Crippen LogP) is 3.89. The SMILES string of the molecule is CC(=NNC(=S)Nc1cc(C)ccc1C)c1nc2ccccc2[nH]1. The number of hydrogen-bond donors (Lipinski definition) is 3. The predicted molar refractivity (Wildman–Crippen MR) is 104 cm³/mol. The molecular formula is C18H19N5S. The zero-order chi connectivity index (χ0) is 17.1. The molecule has 1 heterocycles. The third-order valence-electron chi connectivity index (χ3n) is 3.70. The van der Waals surface area contributed by atoms with E-state index in [9.17, 15) is 0 Å². The monoisotopic (exact) mass is 337 g/mol. The Labute approximate surface area is 146 Å². The van der Waals surface area contributed by atoms with Gasteiger partial charge in [0.05, 0.1) is 11.0 Å². The van der Waals surface area contributed by atoms with Crippen LogP contribution >= 0.6 is 12.2 Å². The number of para-hydroxylation sites is 2. The lowest BCUT2D eigenvalue weighted by Crippen LogP contribution is -2.25. The van der Waals surface area contributed by atoms with Gasteiger partial charge < -0.3 is 10.3 Å². The van der Waals surface area contributed by atoms with Gasteiger partial charge in [-0.2, -0.15) is 5.10 Å². The van der Waals surface area contributed by atoms with Gasteiger partial charge in [0.1, 0.15) is 5.71 Å². The second kappa shape index (κ2) is 6.80. The Morgan fingerprint density at radius 1 is 1.17 bits per heavy atom. The number of thiocarbonyl (C=S) groups is 1. The van der Waals surface area contributed by atoms with Gasteiger partial charge in [-0.25, -0.2) is 4.98 Å². The van der Waals surface area contributed by atoms with Crippen LogP contribution in [0.1, 0.15) is 23.9 Å². The number of anilines is 1. The Hall–Kier alpha value is -2.73. The van der Waals surface area contributed by atoms with E-state index in [1.54, 1.807) is 0 Å². The summed E-state index contributed by atoms with van der Waals surface area (Å²) >= 11 is 5.31. The van der Waals surface area contributed by atoms with Crippen molar-refractivity contribution in [1.82, 2.24) is 15.4 Å². The number of rotatable bonds is 3. The fourth-order valence-corrected chi connectivity index (χ4v) is 2.49. The summed E-state index contributed by atoms with van der Waals surface area (Å²) in [5, 5.41) is 7.92. The van der Waals surface area contributed by atoms with E-state index in [-0.39, 0.29) is 0 Å². The van der Waals surface area contributed by atoms with Gasteiger partial charge in [-0.05, 0) is 62.3 Å². The summed E-state index contributed by atoms with van der Waals surface area (Å²) in [6.07, 6.45) is 0. The Balaban J connectivity index is 1.70. The quantitative estimate of drug-likeness (QED) is 0.385. The zero-order valence-corrected chi connectivity index (χ0v) is 14.7. The Bertz CT molecular complexity index is 893. The lowest BCUT2D eigenvalue weighted by Gasteiger charge is -2.11. The minimum absolute atomic E-state index is 0.444. The van der Waals surface area contributed by atoms with Crippen LogP contribution in [0.15, 0.2) is 47.6 Å². The third-order valence-corrected chi connectivity index (χ3v) is 3.89. The average Bonchev–Trinajstić information content (AvgIpc) is 3.00. The van der Waals surface area contributed by atoms with Crippen molar-refractivity contribution >= 4 is 39.8 Å². The van der Waals surface area contributed by atoms with Crippen LogP contribution in [0.2, 0.25) is 0 Å². The molecule has 0 saturated heterocycles. The first kappa shape index (κ1) is 16.1. The molecular weight excluding hydrogens is 318 g/mol. The van der Waals surface area contributed by atoms with Crippen molar-refractivity contribution in [2.75, 3.05) is 5.32 Å². The molecule has 122 valence electrons. The van der Waals surface area contributed by atoms with E-state index in [2.05, 4.69) is 44.0 Å². The second-order valence-electron chi connectivity index (χ2n) is 5.68. The molecule has 0 amide bonds. The molecule has 0 bridgehead atoms. The van der Waals surface area contributed by atoms with E-state index in [1.807, 2.05) is 45.0 Å². The number of aromatic nitrogens is 2. The van der Waals surface area contributed by atoms with Crippen LogP contribution in [-0.2, 0) is 0 Å². The van der Waals surface area contributed by atoms with Crippen LogP contribution in [0.4, 0.5) is 5.69 Å². The van der Waals surface area contributed by atoms with Gasteiger partial charge in [-0.3, -0.25) is 5.43 Å². The van der Waals surface area contributed by atoms with Gasteiger partial charge >= 0.3 is 0 Å². The number of nitrogens with one attached hydrogen (secondary N) is 3. The number of hydrogen-bond acceptors (Lipinski definition) is 3. The van der Waals surface area contributed by atoms with Crippen molar-refractivity contribution < 1.29 is 0 Å². The number of aryl methyl sites for hydroxylation is 2. The minimum atomic E-state index is 0.444. The standard InChI is InChI=1S/C18H19N5S/c1-11-8-9-12(2)16(10-11)21-18(24)23-22-13(3)17-19-14-6-4-5-7-15(14)20-17/h4-10H,1-3H3,(H,19,20)(H2,21,23,24). The molecule has 5 nitrogen and oxygen atoms in total. The topological polar surface area (TPSA) is 65.1 Å². The van der Waals surface area contributed by atoms with Crippen LogP contribution in [0.5, 0.6) is 0 Å². The van der Waals surface area contributed by atoms with Crippen molar-refractivity contribution in [3.8, 4) is 0 Å². The van der Waals surface area contributed by atoms with Gasteiger partial charge in [-0.1, -0.05) is 24.3 Å². The lowest BCUT2D eigenvalue weighted by atomic mass is 10.1. The lowest BCUT2D eigenvalue weighted by molar-refractivity contribution is 1.03. The van der Waals surface area contributed by atoms with E-state index >= 15 is 0 Å². The smallest absolute Gasteiger partial charge is 0.191 e. The summed E-state index contributed by atoms with van der Waals surface area (Å²) in [4.78, 5) is 7.75. The van der Waals surface area contributed by atoms with E-state index in [4.69, 9.17) is 12.2 Å². The van der Waals surface area contributed by atoms with E-state index in [1.165, 1.54) is 5.56 Å². The average molecular weight is 337 g/mol. The zero-order valence-electron chi connectivity index (χ0n) is 13.8. The number of imidazole rings is 1. The molecule has 0 spiro atoms. The summed E-state index contributed by atoms with van der Waals surface area (Å²) in [5.74, 6) is 0.721. The first-order valence-electron chi connectivity index (χ1n) is 7.66. The molecule has 0 aliphatic rings. The van der Waals surface area contributed by atoms with Gasteiger partial charge in [0.2, 0.25) is 0 Å². The molecule has 3 N–H and O–H groups in total. The number of fused-ring (bicyclic) bond motifs is 1. The maximum atomic E-state index is 5.31. The van der Waals surface area contributed by atoms with Crippen molar-refractivity contribution in [3.05, 3.63) is 59.4 Å². The first-order chi connectivity index (χ1) is 11.5. The first-order valence-corrected chi connectivity index (χ1v) is 8.07. The largest absolute Gasteiger partial charge is 0.337 e. The minimum Gasteiger partial charge on any atom is -0.337 e. The van der Waals surface area contributed by atoms with Gasteiger partial charge in [0, 0.05) is 5.69 Å². The number of hydrazone groups is 1. The summed E-state index contributed by atoms with van der Waals surface area (Å²) in [7, 11) is 0. The molecule has 0 atom stereocenters. The maximum Gasteiger partial charge on any atom is 0.191 e. The molecule has 1 aromatic heterocycles. The van der Waals surface area contributed by atoms with Crippen molar-refractivity contribution in [2.24, 2.45) is 5.10 Å². The molecule has 0 aliphatic heterocycles. The van der Waals surface area contributed by atoms with E-state index in [0.29, 0.717) is 5.11 Å². The highest BCUT2D eigenvalue weighted by molar-refractivity contribution is 7.80. The molecule has 0 saturated carbocycles.